The second-order valence-electron chi connectivity index (χ2n) is 5.00. The monoisotopic (exact) mass is 271 g/mol. The number of rotatable bonds is 5. The fraction of sp³-hybridized carbons (Fsp3) is 0.312. The summed E-state index contributed by atoms with van der Waals surface area (Å²) in [5.74, 6) is 0.887. The number of hydrogen-bond donors (Lipinski definition) is 1. The molecule has 20 heavy (non-hydrogen) atoms. The van der Waals surface area contributed by atoms with Crippen molar-refractivity contribution in [1.29, 1.82) is 0 Å². The first-order chi connectivity index (χ1) is 9.79. The van der Waals surface area contributed by atoms with Crippen LogP contribution in [0.5, 0.6) is 5.75 Å². The van der Waals surface area contributed by atoms with Gasteiger partial charge in [0.15, 0.2) is 0 Å². The highest BCUT2D eigenvalue weighted by Crippen LogP contribution is 2.30. The van der Waals surface area contributed by atoms with E-state index in [0.29, 0.717) is 6.61 Å². The fourth-order valence-corrected chi connectivity index (χ4v) is 2.26. The predicted octanol–water partition coefficient (Wildman–Crippen LogP) is 2.81. The maximum atomic E-state index is 11.5. The standard InChI is InChI=1S/C16H17NO3/c1-19-15-9-8-11-4-2-3-5-13(11)14(15)10-20-17-16(18)12-6-7-12/h2-5,8-9,12H,6-7,10H2,1H3,(H,17,18). The van der Waals surface area contributed by atoms with Crippen LogP contribution >= 0.6 is 0 Å². The molecule has 1 amide bonds. The van der Waals surface area contributed by atoms with E-state index in [1.807, 2.05) is 36.4 Å². The molecule has 0 aliphatic heterocycles. The number of carbonyl (C=O) groups is 1. The van der Waals surface area contributed by atoms with Crippen molar-refractivity contribution >= 4 is 16.7 Å². The molecular weight excluding hydrogens is 254 g/mol. The van der Waals surface area contributed by atoms with Gasteiger partial charge in [0.25, 0.3) is 0 Å². The van der Waals surface area contributed by atoms with Crippen molar-refractivity contribution < 1.29 is 14.4 Å². The molecule has 1 aliphatic rings. The highest BCUT2D eigenvalue weighted by atomic mass is 16.7. The van der Waals surface area contributed by atoms with Crippen molar-refractivity contribution in [3.63, 3.8) is 0 Å². The van der Waals surface area contributed by atoms with Crippen molar-refractivity contribution in [2.24, 2.45) is 5.92 Å². The van der Waals surface area contributed by atoms with Gasteiger partial charge in [-0.15, -0.1) is 0 Å². The molecule has 2 aromatic rings. The van der Waals surface area contributed by atoms with Gasteiger partial charge in [-0.25, -0.2) is 5.48 Å². The van der Waals surface area contributed by atoms with Gasteiger partial charge < -0.3 is 4.74 Å². The number of benzene rings is 2. The minimum Gasteiger partial charge on any atom is -0.496 e. The molecule has 1 N–H and O–H groups in total. The molecule has 0 heterocycles. The minimum atomic E-state index is -0.0239. The van der Waals surface area contributed by atoms with Crippen LogP contribution in [0.4, 0.5) is 0 Å². The summed E-state index contributed by atoms with van der Waals surface area (Å²) >= 11 is 0. The molecule has 0 radical (unpaired) electrons. The zero-order chi connectivity index (χ0) is 13.9. The van der Waals surface area contributed by atoms with Crippen LogP contribution in [0.2, 0.25) is 0 Å². The number of amides is 1. The Labute approximate surface area is 117 Å². The Morgan fingerprint density at radius 1 is 1.25 bits per heavy atom. The molecule has 4 nitrogen and oxygen atoms in total. The van der Waals surface area contributed by atoms with Gasteiger partial charge in [-0.05, 0) is 29.7 Å². The van der Waals surface area contributed by atoms with Crippen LogP contribution in [0.3, 0.4) is 0 Å². The summed E-state index contributed by atoms with van der Waals surface area (Å²) in [5.41, 5.74) is 3.46. The summed E-state index contributed by atoms with van der Waals surface area (Å²) in [4.78, 5) is 16.9. The van der Waals surface area contributed by atoms with E-state index in [2.05, 4.69) is 5.48 Å². The summed E-state index contributed by atoms with van der Waals surface area (Å²) in [6, 6.07) is 12.0. The van der Waals surface area contributed by atoms with Crippen LogP contribution in [0.15, 0.2) is 36.4 Å². The lowest BCUT2D eigenvalue weighted by atomic mass is 10.0. The third kappa shape index (κ3) is 2.60. The molecule has 0 spiro atoms. The van der Waals surface area contributed by atoms with E-state index in [0.717, 1.165) is 34.9 Å². The molecule has 0 saturated heterocycles. The van der Waals surface area contributed by atoms with E-state index in [1.165, 1.54) is 0 Å². The average Bonchev–Trinajstić information content (AvgIpc) is 3.32. The van der Waals surface area contributed by atoms with Crippen LogP contribution in [-0.2, 0) is 16.2 Å². The quantitative estimate of drug-likeness (QED) is 0.851. The SMILES string of the molecule is COc1ccc2ccccc2c1CONC(=O)C1CC1. The smallest absolute Gasteiger partial charge is 0.246 e. The summed E-state index contributed by atoms with van der Waals surface area (Å²) < 4.78 is 5.38. The van der Waals surface area contributed by atoms with Crippen molar-refractivity contribution in [2.75, 3.05) is 7.11 Å². The van der Waals surface area contributed by atoms with Gasteiger partial charge in [0, 0.05) is 11.5 Å². The highest BCUT2D eigenvalue weighted by molar-refractivity contribution is 5.87. The van der Waals surface area contributed by atoms with Crippen molar-refractivity contribution in [2.45, 2.75) is 19.4 Å². The molecule has 0 aromatic heterocycles. The molecule has 0 bridgehead atoms. The van der Waals surface area contributed by atoms with E-state index in [1.54, 1.807) is 7.11 Å². The number of methoxy groups -OCH3 is 1. The zero-order valence-corrected chi connectivity index (χ0v) is 11.4. The third-order valence-corrected chi connectivity index (χ3v) is 3.55. The number of hydrogen-bond acceptors (Lipinski definition) is 3. The number of hydroxylamine groups is 1. The largest absolute Gasteiger partial charge is 0.496 e. The van der Waals surface area contributed by atoms with Crippen molar-refractivity contribution in [1.82, 2.24) is 5.48 Å². The zero-order valence-electron chi connectivity index (χ0n) is 11.4. The Balaban J connectivity index is 1.79. The van der Waals surface area contributed by atoms with Gasteiger partial charge >= 0.3 is 0 Å². The second-order valence-corrected chi connectivity index (χ2v) is 5.00. The molecule has 1 saturated carbocycles. The lowest BCUT2D eigenvalue weighted by Gasteiger charge is -2.12. The number of fused-ring (bicyclic) bond motifs is 1. The van der Waals surface area contributed by atoms with E-state index < -0.39 is 0 Å². The Hall–Kier alpha value is -2.07. The Bertz CT molecular complexity index is 635. The maximum Gasteiger partial charge on any atom is 0.246 e. The molecule has 2 aromatic carbocycles. The van der Waals surface area contributed by atoms with Gasteiger partial charge in [0.05, 0.1) is 7.11 Å². The van der Waals surface area contributed by atoms with E-state index in [9.17, 15) is 4.79 Å². The molecule has 3 rings (SSSR count). The number of ether oxygens (including phenoxy) is 1. The van der Waals surface area contributed by atoms with Crippen LogP contribution in [0.25, 0.3) is 10.8 Å². The Kier molecular flexibility index (Phi) is 3.56. The molecular formula is C16H17NO3. The summed E-state index contributed by atoms with van der Waals surface area (Å²) in [6.45, 7) is 0.295. The molecule has 0 atom stereocenters. The molecule has 1 aliphatic carbocycles. The van der Waals surface area contributed by atoms with E-state index in [4.69, 9.17) is 9.57 Å². The number of carbonyl (C=O) groups excluding carboxylic acids is 1. The predicted molar refractivity (Wildman–Crippen MR) is 76.2 cm³/mol. The van der Waals surface area contributed by atoms with Gasteiger partial charge in [-0.3, -0.25) is 9.63 Å². The van der Waals surface area contributed by atoms with Crippen LogP contribution in [0, 0.1) is 5.92 Å². The normalized spacial score (nSPS) is 14.2. The topological polar surface area (TPSA) is 47.6 Å². The summed E-state index contributed by atoms with van der Waals surface area (Å²) in [7, 11) is 1.64. The Morgan fingerprint density at radius 3 is 2.80 bits per heavy atom. The van der Waals surface area contributed by atoms with E-state index in [-0.39, 0.29) is 11.8 Å². The average molecular weight is 271 g/mol. The van der Waals surface area contributed by atoms with Gasteiger partial charge in [0.2, 0.25) is 5.91 Å². The summed E-state index contributed by atoms with van der Waals surface area (Å²) in [6.07, 6.45) is 1.93. The lowest BCUT2D eigenvalue weighted by Crippen LogP contribution is -2.25. The van der Waals surface area contributed by atoms with Gasteiger partial charge in [0.1, 0.15) is 12.4 Å². The maximum absolute atomic E-state index is 11.5. The van der Waals surface area contributed by atoms with Crippen molar-refractivity contribution in [3.05, 3.63) is 42.0 Å². The molecule has 1 fully saturated rings. The number of nitrogens with one attached hydrogen (secondary N) is 1. The first-order valence-corrected chi connectivity index (χ1v) is 6.76. The lowest BCUT2D eigenvalue weighted by molar-refractivity contribution is -0.135. The first-order valence-electron chi connectivity index (χ1n) is 6.76. The van der Waals surface area contributed by atoms with Gasteiger partial charge in [-0.2, -0.15) is 0 Å². The fourth-order valence-electron chi connectivity index (χ4n) is 2.26. The Morgan fingerprint density at radius 2 is 2.05 bits per heavy atom. The van der Waals surface area contributed by atoms with E-state index >= 15 is 0 Å². The van der Waals surface area contributed by atoms with Gasteiger partial charge in [-0.1, -0.05) is 30.3 Å². The highest BCUT2D eigenvalue weighted by Gasteiger charge is 2.29. The van der Waals surface area contributed by atoms with Crippen molar-refractivity contribution in [3.8, 4) is 5.75 Å². The van der Waals surface area contributed by atoms with Crippen LogP contribution < -0.4 is 10.2 Å². The third-order valence-electron chi connectivity index (χ3n) is 3.55. The first kappa shape index (κ1) is 12.9. The molecule has 104 valence electrons. The van der Waals surface area contributed by atoms with Crippen LogP contribution in [-0.4, -0.2) is 13.0 Å². The molecule has 0 unspecified atom stereocenters. The van der Waals surface area contributed by atoms with Crippen LogP contribution in [0.1, 0.15) is 18.4 Å². The second kappa shape index (κ2) is 5.51. The summed E-state index contributed by atoms with van der Waals surface area (Å²) in [5, 5.41) is 2.20. The minimum absolute atomic E-state index is 0.0239. The molecule has 4 heteroatoms.